The van der Waals surface area contributed by atoms with Gasteiger partial charge < -0.3 is 9.80 Å². The Morgan fingerprint density at radius 3 is 2.03 bits per heavy atom. The predicted molar refractivity (Wildman–Crippen MR) is 119 cm³/mol. The summed E-state index contributed by atoms with van der Waals surface area (Å²) in [6.45, 7) is 4.62. The molecule has 0 saturated carbocycles. The number of piperazine rings is 1. The largest absolute Gasteiger partial charge is 0.329 e. The molecule has 146 valence electrons. The van der Waals surface area contributed by atoms with Crippen LogP contribution in [0.1, 0.15) is 15.9 Å². The van der Waals surface area contributed by atoms with E-state index >= 15 is 0 Å². The Balaban J connectivity index is 1.29. The van der Waals surface area contributed by atoms with Crippen LogP contribution in [0.2, 0.25) is 0 Å². The maximum Gasteiger partial charge on any atom is 0.254 e. The van der Waals surface area contributed by atoms with Gasteiger partial charge in [-0.25, -0.2) is 0 Å². The Morgan fingerprint density at radius 1 is 0.793 bits per heavy atom. The van der Waals surface area contributed by atoms with Gasteiger partial charge in [0.05, 0.1) is 32.7 Å². The maximum atomic E-state index is 12.9. The molecule has 1 amide bonds. The van der Waals surface area contributed by atoms with E-state index in [2.05, 4.69) is 48.6 Å². The van der Waals surface area contributed by atoms with E-state index in [0.717, 1.165) is 43.9 Å². The van der Waals surface area contributed by atoms with Gasteiger partial charge in [0.2, 0.25) is 0 Å². The lowest BCUT2D eigenvalue weighted by Crippen LogP contribution is -3.14. The van der Waals surface area contributed by atoms with Gasteiger partial charge in [0.25, 0.3) is 5.91 Å². The van der Waals surface area contributed by atoms with Crippen LogP contribution in [0.15, 0.2) is 91.0 Å². The minimum Gasteiger partial charge on any atom is -0.329 e. The van der Waals surface area contributed by atoms with Crippen LogP contribution in [0.5, 0.6) is 0 Å². The van der Waals surface area contributed by atoms with E-state index in [1.54, 1.807) is 0 Å². The minimum absolute atomic E-state index is 0.142. The molecular formula is C26H27N2O+. The van der Waals surface area contributed by atoms with Gasteiger partial charge in [-0.05, 0) is 34.9 Å². The van der Waals surface area contributed by atoms with Crippen LogP contribution in [0.25, 0.3) is 17.2 Å². The molecule has 0 unspecified atom stereocenters. The molecule has 0 spiro atoms. The molecule has 1 aliphatic heterocycles. The maximum absolute atomic E-state index is 12.9. The summed E-state index contributed by atoms with van der Waals surface area (Å²) in [6, 6.07) is 28.6. The molecular weight excluding hydrogens is 356 g/mol. The van der Waals surface area contributed by atoms with Crippen LogP contribution < -0.4 is 4.90 Å². The zero-order valence-electron chi connectivity index (χ0n) is 16.6. The Labute approximate surface area is 172 Å². The lowest BCUT2D eigenvalue weighted by Gasteiger charge is -2.31. The molecule has 3 aromatic carbocycles. The van der Waals surface area contributed by atoms with Crippen LogP contribution >= 0.6 is 0 Å². The summed E-state index contributed by atoms with van der Waals surface area (Å²) in [6.07, 6.45) is 4.42. The van der Waals surface area contributed by atoms with Crippen molar-refractivity contribution in [3.05, 3.63) is 102 Å². The van der Waals surface area contributed by atoms with Gasteiger partial charge in [0.1, 0.15) is 0 Å². The van der Waals surface area contributed by atoms with Crippen molar-refractivity contribution in [2.45, 2.75) is 0 Å². The molecule has 0 atom stereocenters. The highest BCUT2D eigenvalue weighted by Crippen LogP contribution is 2.19. The molecule has 0 aromatic heterocycles. The number of benzene rings is 3. The summed E-state index contributed by atoms with van der Waals surface area (Å²) >= 11 is 0. The number of carbonyl (C=O) groups is 1. The fraction of sp³-hybridized carbons (Fsp3) is 0.192. The van der Waals surface area contributed by atoms with Crippen molar-refractivity contribution < 1.29 is 9.69 Å². The van der Waals surface area contributed by atoms with E-state index in [1.165, 1.54) is 16.0 Å². The van der Waals surface area contributed by atoms with Gasteiger partial charge in [-0.2, -0.15) is 0 Å². The van der Waals surface area contributed by atoms with Crippen molar-refractivity contribution in [1.29, 1.82) is 0 Å². The number of rotatable bonds is 5. The zero-order valence-corrected chi connectivity index (χ0v) is 16.6. The Kier molecular flexibility index (Phi) is 6.18. The summed E-state index contributed by atoms with van der Waals surface area (Å²) in [4.78, 5) is 16.4. The quantitative estimate of drug-likeness (QED) is 0.718. The van der Waals surface area contributed by atoms with Crippen LogP contribution in [-0.2, 0) is 0 Å². The second-order valence-corrected chi connectivity index (χ2v) is 7.50. The highest BCUT2D eigenvalue weighted by molar-refractivity contribution is 5.94. The SMILES string of the molecule is O=C(c1ccc(-c2ccccc2)cc1)N1CC[NH+](C/C=C/c2ccccc2)CC1. The Bertz CT molecular complexity index is 941. The molecule has 1 heterocycles. The third-order valence-electron chi connectivity index (χ3n) is 5.51. The number of nitrogens with zero attached hydrogens (tertiary/aromatic N) is 1. The van der Waals surface area contributed by atoms with Gasteiger partial charge in [0.15, 0.2) is 0 Å². The van der Waals surface area contributed by atoms with Gasteiger partial charge in [-0.3, -0.25) is 4.79 Å². The Hall–Kier alpha value is -3.17. The summed E-state index contributed by atoms with van der Waals surface area (Å²) in [5.74, 6) is 0.142. The summed E-state index contributed by atoms with van der Waals surface area (Å²) < 4.78 is 0. The minimum atomic E-state index is 0.142. The first kappa shape index (κ1) is 19.2. The fourth-order valence-electron chi connectivity index (χ4n) is 3.77. The lowest BCUT2D eigenvalue weighted by molar-refractivity contribution is -0.898. The van der Waals surface area contributed by atoms with Crippen molar-refractivity contribution in [2.75, 3.05) is 32.7 Å². The van der Waals surface area contributed by atoms with Crippen molar-refractivity contribution in [2.24, 2.45) is 0 Å². The smallest absolute Gasteiger partial charge is 0.254 e. The fourth-order valence-corrected chi connectivity index (χ4v) is 3.77. The molecule has 29 heavy (non-hydrogen) atoms. The van der Waals surface area contributed by atoms with E-state index in [1.807, 2.05) is 53.4 Å². The third kappa shape index (κ3) is 5.01. The zero-order chi connectivity index (χ0) is 19.9. The molecule has 1 fully saturated rings. The Morgan fingerprint density at radius 2 is 1.38 bits per heavy atom. The predicted octanol–water partition coefficient (Wildman–Crippen LogP) is 3.41. The monoisotopic (exact) mass is 383 g/mol. The number of hydrogen-bond acceptors (Lipinski definition) is 1. The van der Waals surface area contributed by atoms with Crippen LogP contribution in [0.4, 0.5) is 0 Å². The molecule has 4 rings (SSSR count). The molecule has 3 nitrogen and oxygen atoms in total. The van der Waals surface area contributed by atoms with Gasteiger partial charge in [-0.1, -0.05) is 78.9 Å². The molecule has 0 bridgehead atoms. The first-order valence-corrected chi connectivity index (χ1v) is 10.3. The van der Waals surface area contributed by atoms with Crippen molar-refractivity contribution in [3.8, 4) is 11.1 Å². The first-order chi connectivity index (χ1) is 14.3. The summed E-state index contributed by atoms with van der Waals surface area (Å²) in [7, 11) is 0. The number of hydrogen-bond donors (Lipinski definition) is 1. The van der Waals surface area contributed by atoms with E-state index in [-0.39, 0.29) is 5.91 Å². The summed E-state index contributed by atoms with van der Waals surface area (Å²) in [5.41, 5.74) is 4.32. The van der Waals surface area contributed by atoms with Gasteiger partial charge >= 0.3 is 0 Å². The second kappa shape index (κ2) is 9.35. The number of amides is 1. The van der Waals surface area contributed by atoms with Gasteiger partial charge in [-0.15, -0.1) is 0 Å². The topological polar surface area (TPSA) is 24.8 Å². The highest BCUT2D eigenvalue weighted by atomic mass is 16.2. The van der Waals surface area contributed by atoms with E-state index < -0.39 is 0 Å². The first-order valence-electron chi connectivity index (χ1n) is 10.3. The number of nitrogens with one attached hydrogen (secondary N) is 1. The van der Waals surface area contributed by atoms with Gasteiger partial charge in [0, 0.05) is 5.56 Å². The highest BCUT2D eigenvalue weighted by Gasteiger charge is 2.23. The van der Waals surface area contributed by atoms with Crippen molar-refractivity contribution in [3.63, 3.8) is 0 Å². The van der Waals surface area contributed by atoms with Crippen LogP contribution in [0.3, 0.4) is 0 Å². The molecule has 0 radical (unpaired) electrons. The van der Waals surface area contributed by atoms with Crippen LogP contribution in [-0.4, -0.2) is 43.5 Å². The lowest BCUT2D eigenvalue weighted by atomic mass is 10.0. The standard InChI is InChI=1S/C26H26N2O/c29-26(25-15-13-24(14-16-25)23-11-5-2-6-12-23)28-20-18-27(19-21-28)17-7-10-22-8-3-1-4-9-22/h1-16H,17-21H2/p+1/b10-7+. The molecule has 1 saturated heterocycles. The molecule has 0 aliphatic carbocycles. The van der Waals surface area contributed by atoms with E-state index in [0.29, 0.717) is 0 Å². The molecule has 1 N–H and O–H groups in total. The normalized spacial score (nSPS) is 15.0. The number of quaternary nitrogens is 1. The second-order valence-electron chi connectivity index (χ2n) is 7.50. The summed E-state index contributed by atoms with van der Waals surface area (Å²) in [5, 5.41) is 0. The van der Waals surface area contributed by atoms with E-state index in [4.69, 9.17) is 0 Å². The molecule has 3 heteroatoms. The molecule has 3 aromatic rings. The van der Waals surface area contributed by atoms with Crippen LogP contribution in [0, 0.1) is 0 Å². The van der Waals surface area contributed by atoms with E-state index in [9.17, 15) is 4.79 Å². The van der Waals surface area contributed by atoms with Crippen molar-refractivity contribution in [1.82, 2.24) is 4.90 Å². The third-order valence-corrected chi connectivity index (χ3v) is 5.51. The number of carbonyl (C=O) groups excluding carboxylic acids is 1. The van der Waals surface area contributed by atoms with Crippen molar-refractivity contribution >= 4 is 12.0 Å². The molecule has 1 aliphatic rings. The average Bonchev–Trinajstić information content (AvgIpc) is 2.80. The average molecular weight is 384 g/mol.